The van der Waals surface area contributed by atoms with Gasteiger partial charge in [0.25, 0.3) is 5.91 Å². The number of hydrogen-bond acceptors (Lipinski definition) is 7. The smallest absolute Gasteiger partial charge is 0.290 e. The molecule has 0 bridgehead atoms. The number of ether oxygens (including phenoxy) is 3. The molecule has 8 nitrogen and oxygen atoms in total. The number of benzene rings is 3. The molecule has 2 aliphatic rings. The maximum absolute atomic E-state index is 14.0. The van der Waals surface area contributed by atoms with Crippen LogP contribution < -0.4 is 14.9 Å². The molecule has 0 spiro atoms. The third-order valence-electron chi connectivity index (χ3n) is 7.92. The van der Waals surface area contributed by atoms with E-state index in [1.807, 2.05) is 74.5 Å². The number of morpholine rings is 1. The van der Waals surface area contributed by atoms with E-state index in [-0.39, 0.29) is 17.1 Å². The molecular weight excluding hydrogens is 532 g/mol. The Kier molecular flexibility index (Phi) is 8.26. The van der Waals surface area contributed by atoms with Gasteiger partial charge in [-0.3, -0.25) is 14.5 Å². The lowest BCUT2D eigenvalue weighted by Gasteiger charge is -2.29. The quantitative estimate of drug-likeness (QED) is 0.255. The Hall–Kier alpha value is -4.14. The van der Waals surface area contributed by atoms with E-state index in [1.54, 1.807) is 11.0 Å². The van der Waals surface area contributed by atoms with E-state index >= 15 is 0 Å². The predicted octanol–water partition coefficient (Wildman–Crippen LogP) is 5.35. The molecule has 3 aromatic carbocycles. The number of aryl methyl sites for hydroxylation is 1. The molecule has 4 aromatic rings. The van der Waals surface area contributed by atoms with Crippen molar-refractivity contribution in [3.63, 3.8) is 0 Å². The van der Waals surface area contributed by atoms with E-state index in [1.165, 1.54) is 0 Å². The zero-order chi connectivity index (χ0) is 29.1. The average Bonchev–Trinajstić information content (AvgIpc) is 3.29. The van der Waals surface area contributed by atoms with E-state index in [0.717, 1.165) is 56.0 Å². The summed E-state index contributed by atoms with van der Waals surface area (Å²) in [6, 6.07) is 20.5. The van der Waals surface area contributed by atoms with Crippen LogP contribution in [-0.2, 0) is 11.3 Å². The van der Waals surface area contributed by atoms with Crippen molar-refractivity contribution in [3.05, 3.63) is 105 Å². The van der Waals surface area contributed by atoms with E-state index in [2.05, 4.69) is 4.90 Å². The fraction of sp³-hybridized carbons (Fsp3) is 0.353. The van der Waals surface area contributed by atoms with Crippen LogP contribution in [0.5, 0.6) is 11.5 Å². The van der Waals surface area contributed by atoms with Crippen LogP contribution in [-0.4, -0.2) is 61.7 Å². The van der Waals surface area contributed by atoms with Crippen LogP contribution in [0.2, 0.25) is 0 Å². The van der Waals surface area contributed by atoms with Crippen LogP contribution in [0.3, 0.4) is 0 Å². The lowest BCUT2D eigenvalue weighted by molar-refractivity contribution is 0.0353. The monoisotopic (exact) mass is 568 g/mol. The first-order chi connectivity index (χ1) is 20.5. The Morgan fingerprint density at radius 1 is 0.905 bits per heavy atom. The van der Waals surface area contributed by atoms with Crippen molar-refractivity contribution < 1.29 is 23.4 Å². The van der Waals surface area contributed by atoms with Gasteiger partial charge in [-0.25, -0.2) is 0 Å². The summed E-state index contributed by atoms with van der Waals surface area (Å²) in [5, 5.41) is 0.481. The molecule has 1 fully saturated rings. The Balaban J connectivity index is 1.37. The molecule has 3 heterocycles. The lowest BCUT2D eigenvalue weighted by Crippen LogP contribution is -2.38. The van der Waals surface area contributed by atoms with E-state index in [0.29, 0.717) is 47.8 Å². The molecule has 42 heavy (non-hydrogen) atoms. The largest absolute Gasteiger partial charge is 0.490 e. The average molecular weight is 569 g/mol. The first kappa shape index (κ1) is 28.0. The molecule has 0 radical (unpaired) electrons. The van der Waals surface area contributed by atoms with Crippen molar-refractivity contribution in [1.29, 1.82) is 0 Å². The molecule has 1 atom stereocenters. The minimum atomic E-state index is -0.597. The number of hydrogen-bond donors (Lipinski definition) is 0. The zero-order valence-corrected chi connectivity index (χ0v) is 24.1. The van der Waals surface area contributed by atoms with Gasteiger partial charge in [-0.05, 0) is 55.7 Å². The maximum Gasteiger partial charge on any atom is 0.290 e. The van der Waals surface area contributed by atoms with Gasteiger partial charge in [0.05, 0.1) is 36.8 Å². The summed E-state index contributed by atoms with van der Waals surface area (Å²) in [6.45, 7) is 9.23. The number of nitrogens with zero attached hydrogens (tertiary/aromatic N) is 2. The highest BCUT2D eigenvalue weighted by Crippen LogP contribution is 2.41. The van der Waals surface area contributed by atoms with Crippen molar-refractivity contribution in [2.75, 3.05) is 46.0 Å². The van der Waals surface area contributed by atoms with Crippen LogP contribution in [0.15, 0.2) is 75.9 Å². The second-order valence-electron chi connectivity index (χ2n) is 10.8. The molecule has 0 aliphatic carbocycles. The van der Waals surface area contributed by atoms with Crippen LogP contribution in [0.1, 0.15) is 52.2 Å². The summed E-state index contributed by atoms with van der Waals surface area (Å²) >= 11 is 0. The molecule has 1 amide bonds. The van der Waals surface area contributed by atoms with Gasteiger partial charge in [0.2, 0.25) is 5.76 Å². The maximum atomic E-state index is 14.0. The van der Waals surface area contributed by atoms with Gasteiger partial charge in [-0.1, -0.05) is 48.0 Å². The van der Waals surface area contributed by atoms with Crippen molar-refractivity contribution in [3.8, 4) is 11.5 Å². The number of amides is 1. The van der Waals surface area contributed by atoms with Crippen LogP contribution in [0.25, 0.3) is 11.0 Å². The fourth-order valence-electron chi connectivity index (χ4n) is 5.82. The SMILES string of the molecule is CCOc1cc(C2c3c(oc4ccc(C)cc4c3=O)C(=O)N2CCCN2CCOCC2)ccc1OCc1ccccc1. The molecule has 6 rings (SSSR count). The number of carbonyl (C=O) groups excluding carboxylic acids is 1. The Labute approximate surface area is 245 Å². The molecule has 1 aromatic heterocycles. The van der Waals surface area contributed by atoms with Crippen molar-refractivity contribution >= 4 is 16.9 Å². The first-order valence-electron chi connectivity index (χ1n) is 14.7. The molecule has 2 aliphatic heterocycles. The van der Waals surface area contributed by atoms with Crippen molar-refractivity contribution in [2.24, 2.45) is 0 Å². The number of fused-ring (bicyclic) bond motifs is 2. The summed E-state index contributed by atoms with van der Waals surface area (Å²) in [5.41, 5.74) is 3.41. The van der Waals surface area contributed by atoms with E-state index in [9.17, 15) is 9.59 Å². The molecule has 8 heteroatoms. The van der Waals surface area contributed by atoms with Gasteiger partial charge in [0, 0.05) is 26.2 Å². The molecule has 218 valence electrons. The van der Waals surface area contributed by atoms with Crippen molar-refractivity contribution in [2.45, 2.75) is 32.9 Å². The normalized spacial score (nSPS) is 17.0. The van der Waals surface area contributed by atoms with Gasteiger partial charge in [-0.2, -0.15) is 0 Å². The highest BCUT2D eigenvalue weighted by molar-refractivity contribution is 5.99. The topological polar surface area (TPSA) is 81.5 Å². The summed E-state index contributed by atoms with van der Waals surface area (Å²) < 4.78 is 23.8. The van der Waals surface area contributed by atoms with Gasteiger partial charge in [0.15, 0.2) is 16.9 Å². The number of carbonyl (C=O) groups is 1. The number of rotatable bonds is 10. The van der Waals surface area contributed by atoms with Gasteiger partial charge < -0.3 is 23.5 Å². The summed E-state index contributed by atoms with van der Waals surface area (Å²) in [7, 11) is 0. The van der Waals surface area contributed by atoms with Crippen LogP contribution >= 0.6 is 0 Å². The van der Waals surface area contributed by atoms with E-state index < -0.39 is 6.04 Å². The summed E-state index contributed by atoms with van der Waals surface area (Å²) in [6.07, 6.45) is 0.764. The minimum Gasteiger partial charge on any atom is -0.490 e. The van der Waals surface area contributed by atoms with E-state index in [4.69, 9.17) is 18.6 Å². The second-order valence-corrected chi connectivity index (χ2v) is 10.8. The van der Waals surface area contributed by atoms with Gasteiger partial charge in [0.1, 0.15) is 12.2 Å². The molecule has 1 unspecified atom stereocenters. The Morgan fingerprint density at radius 3 is 2.50 bits per heavy atom. The fourth-order valence-corrected chi connectivity index (χ4v) is 5.82. The second kappa shape index (κ2) is 12.4. The van der Waals surface area contributed by atoms with Gasteiger partial charge in [-0.15, -0.1) is 0 Å². The van der Waals surface area contributed by atoms with Crippen LogP contribution in [0.4, 0.5) is 0 Å². The van der Waals surface area contributed by atoms with Crippen molar-refractivity contribution in [1.82, 2.24) is 9.80 Å². The predicted molar refractivity (Wildman–Crippen MR) is 160 cm³/mol. The molecule has 1 saturated heterocycles. The van der Waals surface area contributed by atoms with Crippen LogP contribution in [0, 0.1) is 6.92 Å². The standard InChI is InChI=1S/C34H36N2O6/c1-3-40-29-21-25(11-13-28(29)41-22-24-8-5-4-6-9-24)31-30-32(37)26-20-23(2)10-12-27(26)42-33(30)34(38)36(31)15-7-14-35-16-18-39-19-17-35/h4-6,8-13,20-21,31H,3,7,14-19,22H2,1-2H3. The molecular formula is C34H36N2O6. The third-order valence-corrected chi connectivity index (χ3v) is 7.92. The Bertz CT molecular complexity index is 1630. The summed E-state index contributed by atoms with van der Waals surface area (Å²) in [4.78, 5) is 32.0. The minimum absolute atomic E-state index is 0.120. The lowest BCUT2D eigenvalue weighted by atomic mass is 9.97. The van der Waals surface area contributed by atoms with Gasteiger partial charge >= 0.3 is 0 Å². The molecule has 0 saturated carbocycles. The molecule has 0 N–H and O–H groups in total. The highest BCUT2D eigenvalue weighted by Gasteiger charge is 2.42. The zero-order valence-electron chi connectivity index (χ0n) is 24.1. The first-order valence-corrected chi connectivity index (χ1v) is 14.7. The summed E-state index contributed by atoms with van der Waals surface area (Å²) in [5.74, 6) is 1.03. The highest BCUT2D eigenvalue weighted by atomic mass is 16.5. The third kappa shape index (κ3) is 5.65. The Morgan fingerprint density at radius 2 is 1.71 bits per heavy atom.